The van der Waals surface area contributed by atoms with Gasteiger partial charge in [-0.25, -0.2) is 0 Å². The van der Waals surface area contributed by atoms with E-state index in [1.807, 2.05) is 0 Å². The minimum Gasteiger partial charge on any atom is -0.507 e. The summed E-state index contributed by atoms with van der Waals surface area (Å²) in [7, 11) is 0. The first-order valence-electron chi connectivity index (χ1n) is 9.22. The number of rotatable bonds is 3. The van der Waals surface area contributed by atoms with Gasteiger partial charge in [0, 0.05) is 17.7 Å². The van der Waals surface area contributed by atoms with Crippen LogP contribution in [0.5, 0.6) is 17.2 Å². The Morgan fingerprint density at radius 1 is 0.967 bits per heavy atom. The van der Waals surface area contributed by atoms with Gasteiger partial charge in [-0.05, 0) is 6.92 Å². The zero-order valence-electron chi connectivity index (χ0n) is 15.8. The maximum absolute atomic E-state index is 12.6. The number of benzene rings is 2. The van der Waals surface area contributed by atoms with E-state index in [0.717, 1.165) is 6.07 Å². The van der Waals surface area contributed by atoms with Gasteiger partial charge in [-0.15, -0.1) is 0 Å². The van der Waals surface area contributed by atoms with Crippen molar-refractivity contribution in [2.24, 2.45) is 0 Å². The first kappa shape index (κ1) is 20.2. The molecule has 0 amide bonds. The SMILES string of the molecule is C[C@@H]1O[C@H](Oc2cc(O)c3c(=O)c(O)c(-c4ccccc4)oc3c2)[C@H](O)[C@H](O)[C@H]1O. The standard InChI is InChI=1S/C21H20O9/c1-9-15(23)17(25)19(27)21(28-9)29-11-7-12(22)14-13(8-11)30-20(18(26)16(14)24)10-5-3-2-4-6-10/h2-9,15,17,19,21-23,25-27H,1H3/t9-,15-,17+,19+,21+/m0/s1. The minimum atomic E-state index is -1.55. The Morgan fingerprint density at radius 2 is 1.67 bits per heavy atom. The number of phenolic OH excluding ortho intramolecular Hbond substituents is 1. The largest absolute Gasteiger partial charge is 0.507 e. The summed E-state index contributed by atoms with van der Waals surface area (Å²) in [5.41, 5.74) is -0.428. The Morgan fingerprint density at radius 3 is 2.37 bits per heavy atom. The van der Waals surface area contributed by atoms with E-state index < -0.39 is 47.6 Å². The molecule has 0 spiro atoms. The fourth-order valence-electron chi connectivity index (χ4n) is 3.36. The molecule has 0 radical (unpaired) electrons. The molecule has 0 aliphatic carbocycles. The van der Waals surface area contributed by atoms with Crippen molar-refractivity contribution in [1.29, 1.82) is 0 Å². The summed E-state index contributed by atoms with van der Waals surface area (Å²) < 4.78 is 16.6. The van der Waals surface area contributed by atoms with Crippen LogP contribution in [0.4, 0.5) is 0 Å². The van der Waals surface area contributed by atoms with Gasteiger partial charge >= 0.3 is 0 Å². The third-order valence-corrected chi connectivity index (χ3v) is 5.02. The highest BCUT2D eigenvalue weighted by Crippen LogP contribution is 2.36. The lowest BCUT2D eigenvalue weighted by Crippen LogP contribution is -2.58. The van der Waals surface area contributed by atoms with Crippen LogP contribution in [-0.2, 0) is 4.74 Å². The van der Waals surface area contributed by atoms with Crippen LogP contribution in [-0.4, -0.2) is 56.2 Å². The van der Waals surface area contributed by atoms with E-state index in [-0.39, 0.29) is 22.5 Å². The average Bonchev–Trinajstić information content (AvgIpc) is 2.73. The predicted molar refractivity (Wildman–Crippen MR) is 104 cm³/mol. The Balaban J connectivity index is 1.76. The van der Waals surface area contributed by atoms with Crippen LogP contribution >= 0.6 is 0 Å². The molecular weight excluding hydrogens is 396 g/mol. The number of hydrogen-bond acceptors (Lipinski definition) is 9. The Hall–Kier alpha value is -3.11. The molecule has 30 heavy (non-hydrogen) atoms. The number of ether oxygens (including phenoxy) is 2. The van der Waals surface area contributed by atoms with Crippen molar-refractivity contribution in [3.63, 3.8) is 0 Å². The lowest BCUT2D eigenvalue weighted by molar-refractivity contribution is -0.268. The van der Waals surface area contributed by atoms with Crippen molar-refractivity contribution >= 4 is 11.0 Å². The second-order valence-corrected chi connectivity index (χ2v) is 7.09. The number of aromatic hydroxyl groups is 2. The first-order valence-corrected chi connectivity index (χ1v) is 9.22. The molecule has 1 fully saturated rings. The average molecular weight is 416 g/mol. The van der Waals surface area contributed by atoms with E-state index >= 15 is 0 Å². The summed E-state index contributed by atoms with van der Waals surface area (Å²) in [6.45, 7) is 1.50. The minimum absolute atomic E-state index is 0.0207. The molecular formula is C21H20O9. The molecule has 1 aromatic heterocycles. The Bertz CT molecular complexity index is 1120. The highest BCUT2D eigenvalue weighted by Gasteiger charge is 2.43. The third kappa shape index (κ3) is 3.37. The lowest BCUT2D eigenvalue weighted by Gasteiger charge is -2.38. The molecule has 3 aromatic rings. The fourth-order valence-corrected chi connectivity index (χ4v) is 3.36. The molecule has 1 aliphatic heterocycles. The van der Waals surface area contributed by atoms with Crippen molar-refractivity contribution in [2.75, 3.05) is 0 Å². The van der Waals surface area contributed by atoms with Crippen LogP contribution in [0, 0.1) is 0 Å². The molecule has 1 aliphatic rings. The topological polar surface area (TPSA) is 150 Å². The van der Waals surface area contributed by atoms with Crippen LogP contribution in [0.25, 0.3) is 22.3 Å². The van der Waals surface area contributed by atoms with E-state index in [4.69, 9.17) is 13.9 Å². The van der Waals surface area contributed by atoms with E-state index in [0.29, 0.717) is 5.56 Å². The summed E-state index contributed by atoms with van der Waals surface area (Å²) in [4.78, 5) is 12.6. The predicted octanol–water partition coefficient (Wildman–Crippen LogP) is 1.08. The molecule has 158 valence electrons. The molecule has 9 heteroatoms. The molecule has 5 atom stereocenters. The van der Waals surface area contributed by atoms with Gasteiger partial charge in [0.2, 0.25) is 17.5 Å². The molecule has 1 saturated heterocycles. The summed E-state index contributed by atoms with van der Waals surface area (Å²) in [6, 6.07) is 10.9. The molecule has 9 nitrogen and oxygen atoms in total. The maximum atomic E-state index is 12.6. The van der Waals surface area contributed by atoms with Crippen LogP contribution in [0.2, 0.25) is 0 Å². The van der Waals surface area contributed by atoms with Crippen LogP contribution in [0.3, 0.4) is 0 Å². The van der Waals surface area contributed by atoms with Crippen LogP contribution in [0.1, 0.15) is 6.92 Å². The first-order chi connectivity index (χ1) is 14.3. The van der Waals surface area contributed by atoms with E-state index in [2.05, 4.69) is 0 Å². The highest BCUT2D eigenvalue weighted by molar-refractivity contribution is 5.88. The van der Waals surface area contributed by atoms with Gasteiger partial charge in [0.25, 0.3) is 0 Å². The Labute approximate surface area is 170 Å². The fraction of sp³-hybridized carbons (Fsp3) is 0.286. The van der Waals surface area contributed by atoms with Crippen molar-refractivity contribution < 1.29 is 39.4 Å². The van der Waals surface area contributed by atoms with Crippen LogP contribution in [0.15, 0.2) is 51.7 Å². The monoisotopic (exact) mass is 416 g/mol. The number of aliphatic hydroxyl groups excluding tert-OH is 3. The smallest absolute Gasteiger partial charge is 0.238 e. The molecule has 0 unspecified atom stereocenters. The zero-order chi connectivity index (χ0) is 21.6. The summed E-state index contributed by atoms with van der Waals surface area (Å²) in [6.07, 6.45) is -6.50. The summed E-state index contributed by atoms with van der Waals surface area (Å²) in [5.74, 6) is -1.25. The van der Waals surface area contributed by atoms with E-state index in [9.17, 15) is 30.3 Å². The quantitative estimate of drug-likeness (QED) is 0.423. The summed E-state index contributed by atoms with van der Waals surface area (Å²) in [5, 5.41) is 50.2. The number of aliphatic hydroxyl groups is 3. The Kier molecular flexibility index (Phi) is 5.12. The number of hydrogen-bond donors (Lipinski definition) is 5. The molecule has 4 rings (SSSR count). The van der Waals surface area contributed by atoms with Crippen molar-refractivity contribution in [1.82, 2.24) is 0 Å². The van der Waals surface area contributed by atoms with E-state index in [1.54, 1.807) is 30.3 Å². The van der Waals surface area contributed by atoms with Crippen molar-refractivity contribution in [2.45, 2.75) is 37.6 Å². The second kappa shape index (κ2) is 7.62. The van der Waals surface area contributed by atoms with Gasteiger partial charge in [0.1, 0.15) is 40.8 Å². The molecule has 0 bridgehead atoms. The van der Waals surface area contributed by atoms with Gasteiger partial charge in [0.15, 0.2) is 5.76 Å². The summed E-state index contributed by atoms with van der Waals surface area (Å²) >= 11 is 0. The highest BCUT2D eigenvalue weighted by atomic mass is 16.7. The molecule has 5 N–H and O–H groups in total. The van der Waals surface area contributed by atoms with Gasteiger partial charge in [0.05, 0.1) is 6.10 Å². The molecule has 0 saturated carbocycles. The van der Waals surface area contributed by atoms with Crippen molar-refractivity contribution in [3.8, 4) is 28.6 Å². The maximum Gasteiger partial charge on any atom is 0.238 e. The normalized spacial score (nSPS) is 26.6. The van der Waals surface area contributed by atoms with Crippen LogP contribution < -0.4 is 10.2 Å². The van der Waals surface area contributed by atoms with Gasteiger partial charge in [-0.3, -0.25) is 4.79 Å². The lowest BCUT2D eigenvalue weighted by atomic mass is 10.00. The third-order valence-electron chi connectivity index (χ3n) is 5.02. The van der Waals surface area contributed by atoms with Gasteiger partial charge < -0.3 is 39.4 Å². The second-order valence-electron chi connectivity index (χ2n) is 7.09. The van der Waals surface area contributed by atoms with Crippen molar-refractivity contribution in [3.05, 3.63) is 52.7 Å². The van der Waals surface area contributed by atoms with E-state index in [1.165, 1.54) is 13.0 Å². The number of fused-ring (bicyclic) bond motifs is 1. The zero-order valence-corrected chi connectivity index (χ0v) is 15.8. The van der Waals surface area contributed by atoms with Gasteiger partial charge in [-0.1, -0.05) is 30.3 Å². The molecule has 2 aromatic carbocycles. The number of phenols is 1. The molecule has 2 heterocycles. The van der Waals surface area contributed by atoms with Gasteiger partial charge in [-0.2, -0.15) is 0 Å².